The Morgan fingerprint density at radius 2 is 1.80 bits per heavy atom. The van der Waals surface area contributed by atoms with Crippen LogP contribution in [0.1, 0.15) is 35.7 Å². The largest absolute Gasteiger partial charge is 0.319 e. The lowest BCUT2D eigenvalue weighted by molar-refractivity contribution is 0.102. The Morgan fingerprint density at radius 1 is 1.12 bits per heavy atom. The van der Waals surface area contributed by atoms with Gasteiger partial charge in [-0.2, -0.15) is 0 Å². The fourth-order valence-corrected chi connectivity index (χ4v) is 3.03. The van der Waals surface area contributed by atoms with Gasteiger partial charge in [0, 0.05) is 18.2 Å². The molecule has 0 radical (unpaired) electrons. The topological polar surface area (TPSA) is 32.3 Å². The maximum absolute atomic E-state index is 13.6. The van der Waals surface area contributed by atoms with Crippen molar-refractivity contribution in [2.75, 3.05) is 18.4 Å². The fraction of sp³-hybridized carbons (Fsp3) is 0.350. The van der Waals surface area contributed by atoms with Crippen LogP contribution in [-0.4, -0.2) is 23.9 Å². The van der Waals surface area contributed by atoms with E-state index in [2.05, 4.69) is 17.1 Å². The Hall–Kier alpha value is -2.27. The van der Waals surface area contributed by atoms with Gasteiger partial charge in [-0.1, -0.05) is 19.1 Å². The molecule has 2 aromatic rings. The second kappa shape index (κ2) is 7.74. The molecule has 1 aliphatic heterocycles. The zero-order chi connectivity index (χ0) is 17.8. The number of hydrogen-bond donors (Lipinski definition) is 1. The number of anilines is 1. The van der Waals surface area contributed by atoms with Crippen molar-refractivity contribution in [3.63, 3.8) is 0 Å². The van der Waals surface area contributed by atoms with E-state index in [-0.39, 0.29) is 5.69 Å². The lowest BCUT2D eigenvalue weighted by Gasteiger charge is -2.30. The van der Waals surface area contributed by atoms with Gasteiger partial charge in [0.2, 0.25) is 0 Å². The molecule has 0 spiro atoms. The summed E-state index contributed by atoms with van der Waals surface area (Å²) in [7, 11) is 0. The van der Waals surface area contributed by atoms with E-state index in [0.717, 1.165) is 43.2 Å². The minimum absolute atomic E-state index is 0.0297. The molecule has 5 heteroatoms. The van der Waals surface area contributed by atoms with Gasteiger partial charge < -0.3 is 5.32 Å². The SMILES string of the molecule is CC1CCN(Cc2ccc(C(=O)Nc3ccc(F)cc3F)cc2)CC1. The van der Waals surface area contributed by atoms with Crippen molar-refractivity contribution in [2.24, 2.45) is 5.92 Å². The highest BCUT2D eigenvalue weighted by atomic mass is 19.1. The van der Waals surface area contributed by atoms with Gasteiger partial charge in [0.1, 0.15) is 11.6 Å². The number of nitrogens with one attached hydrogen (secondary N) is 1. The molecule has 1 N–H and O–H groups in total. The summed E-state index contributed by atoms with van der Waals surface area (Å²) in [6.45, 7) is 5.37. The Kier molecular flexibility index (Phi) is 5.43. The average Bonchev–Trinajstić information content (AvgIpc) is 2.60. The zero-order valence-electron chi connectivity index (χ0n) is 14.3. The van der Waals surface area contributed by atoms with Crippen LogP contribution in [0, 0.1) is 17.6 Å². The molecular weight excluding hydrogens is 322 g/mol. The minimum Gasteiger partial charge on any atom is -0.319 e. The highest BCUT2D eigenvalue weighted by molar-refractivity contribution is 6.04. The summed E-state index contributed by atoms with van der Waals surface area (Å²) < 4.78 is 26.5. The van der Waals surface area contributed by atoms with E-state index >= 15 is 0 Å². The third kappa shape index (κ3) is 4.63. The van der Waals surface area contributed by atoms with E-state index in [0.29, 0.717) is 5.56 Å². The van der Waals surface area contributed by atoms with Crippen LogP contribution >= 0.6 is 0 Å². The summed E-state index contributed by atoms with van der Waals surface area (Å²) in [6, 6.07) is 10.4. The summed E-state index contributed by atoms with van der Waals surface area (Å²) in [5, 5.41) is 2.47. The van der Waals surface area contributed by atoms with Gasteiger partial charge in [0.05, 0.1) is 5.69 Å². The van der Waals surface area contributed by atoms with Gasteiger partial charge in [-0.3, -0.25) is 9.69 Å². The lowest BCUT2D eigenvalue weighted by atomic mass is 9.99. The zero-order valence-corrected chi connectivity index (χ0v) is 14.3. The number of carbonyl (C=O) groups excluding carboxylic acids is 1. The summed E-state index contributed by atoms with van der Waals surface area (Å²) in [5.41, 5.74) is 1.57. The van der Waals surface area contributed by atoms with Crippen LogP contribution in [0.5, 0.6) is 0 Å². The maximum atomic E-state index is 13.6. The number of benzene rings is 2. The second-order valence-electron chi connectivity index (χ2n) is 6.73. The monoisotopic (exact) mass is 344 g/mol. The van der Waals surface area contributed by atoms with Gasteiger partial charge >= 0.3 is 0 Å². The molecular formula is C20H22F2N2O. The predicted octanol–water partition coefficient (Wildman–Crippen LogP) is 4.45. The number of hydrogen-bond acceptors (Lipinski definition) is 2. The first kappa shape index (κ1) is 17.5. The van der Waals surface area contributed by atoms with Gasteiger partial charge in [0.25, 0.3) is 5.91 Å². The molecule has 0 aromatic heterocycles. The molecule has 132 valence electrons. The molecule has 1 aliphatic rings. The first-order chi connectivity index (χ1) is 12.0. The Morgan fingerprint density at radius 3 is 2.44 bits per heavy atom. The Labute approximate surface area is 146 Å². The Balaban J connectivity index is 1.60. The summed E-state index contributed by atoms with van der Waals surface area (Å²) >= 11 is 0. The summed E-state index contributed by atoms with van der Waals surface area (Å²) in [5.74, 6) is -1.07. The summed E-state index contributed by atoms with van der Waals surface area (Å²) in [4.78, 5) is 14.6. The van der Waals surface area contributed by atoms with Crippen molar-refractivity contribution < 1.29 is 13.6 Å². The quantitative estimate of drug-likeness (QED) is 0.889. The molecule has 0 bridgehead atoms. The molecule has 3 rings (SSSR count). The molecule has 1 heterocycles. The molecule has 3 nitrogen and oxygen atoms in total. The number of piperidine rings is 1. The molecule has 0 saturated carbocycles. The van der Waals surface area contributed by atoms with E-state index in [1.54, 1.807) is 12.1 Å². The van der Waals surface area contributed by atoms with Crippen molar-refractivity contribution in [1.82, 2.24) is 4.90 Å². The average molecular weight is 344 g/mol. The smallest absolute Gasteiger partial charge is 0.255 e. The molecule has 1 fully saturated rings. The fourth-order valence-electron chi connectivity index (χ4n) is 3.03. The third-order valence-electron chi connectivity index (χ3n) is 4.68. The highest BCUT2D eigenvalue weighted by Gasteiger charge is 2.16. The van der Waals surface area contributed by atoms with Crippen LogP contribution in [0.25, 0.3) is 0 Å². The van der Waals surface area contributed by atoms with Crippen LogP contribution in [0.15, 0.2) is 42.5 Å². The first-order valence-corrected chi connectivity index (χ1v) is 8.59. The lowest BCUT2D eigenvalue weighted by Crippen LogP contribution is -2.32. The van der Waals surface area contributed by atoms with E-state index in [1.165, 1.54) is 18.9 Å². The van der Waals surface area contributed by atoms with Crippen molar-refractivity contribution in [3.8, 4) is 0 Å². The van der Waals surface area contributed by atoms with Crippen LogP contribution in [-0.2, 0) is 6.54 Å². The highest BCUT2D eigenvalue weighted by Crippen LogP contribution is 2.19. The Bertz CT molecular complexity index is 738. The van der Waals surface area contributed by atoms with Crippen LogP contribution in [0.2, 0.25) is 0 Å². The molecule has 0 atom stereocenters. The number of halogens is 2. The molecule has 0 unspecified atom stereocenters. The number of likely N-dealkylation sites (tertiary alicyclic amines) is 1. The van der Waals surface area contributed by atoms with Crippen LogP contribution in [0.3, 0.4) is 0 Å². The van der Waals surface area contributed by atoms with Crippen molar-refractivity contribution >= 4 is 11.6 Å². The minimum atomic E-state index is -0.788. The normalized spacial score (nSPS) is 16.0. The van der Waals surface area contributed by atoms with Crippen molar-refractivity contribution in [2.45, 2.75) is 26.3 Å². The number of carbonyl (C=O) groups is 1. The van der Waals surface area contributed by atoms with Gasteiger partial charge in [-0.25, -0.2) is 8.78 Å². The van der Waals surface area contributed by atoms with E-state index < -0.39 is 17.5 Å². The van der Waals surface area contributed by atoms with Crippen LogP contribution < -0.4 is 5.32 Å². The van der Waals surface area contributed by atoms with E-state index in [1.807, 2.05) is 12.1 Å². The van der Waals surface area contributed by atoms with E-state index in [9.17, 15) is 13.6 Å². The number of nitrogens with zero attached hydrogens (tertiary/aromatic N) is 1. The summed E-state index contributed by atoms with van der Waals surface area (Å²) in [6.07, 6.45) is 2.45. The predicted molar refractivity (Wildman–Crippen MR) is 94.4 cm³/mol. The number of amides is 1. The van der Waals surface area contributed by atoms with Gasteiger partial charge in [0.15, 0.2) is 0 Å². The van der Waals surface area contributed by atoms with Crippen LogP contribution in [0.4, 0.5) is 14.5 Å². The first-order valence-electron chi connectivity index (χ1n) is 8.59. The second-order valence-corrected chi connectivity index (χ2v) is 6.73. The molecule has 1 saturated heterocycles. The van der Waals surface area contributed by atoms with Crippen molar-refractivity contribution in [3.05, 3.63) is 65.2 Å². The standard InChI is InChI=1S/C20H22F2N2O/c1-14-8-10-24(11-9-14)13-15-2-4-16(5-3-15)20(25)23-19-7-6-17(21)12-18(19)22/h2-7,12,14H,8-11,13H2,1H3,(H,23,25). The molecule has 2 aromatic carbocycles. The van der Waals surface area contributed by atoms with Gasteiger partial charge in [-0.15, -0.1) is 0 Å². The van der Waals surface area contributed by atoms with E-state index in [4.69, 9.17) is 0 Å². The molecule has 1 amide bonds. The van der Waals surface area contributed by atoms with Crippen molar-refractivity contribution in [1.29, 1.82) is 0 Å². The maximum Gasteiger partial charge on any atom is 0.255 e. The molecule has 0 aliphatic carbocycles. The number of rotatable bonds is 4. The van der Waals surface area contributed by atoms with Gasteiger partial charge in [-0.05, 0) is 61.7 Å². The third-order valence-corrected chi connectivity index (χ3v) is 4.68. The molecule has 25 heavy (non-hydrogen) atoms.